The van der Waals surface area contributed by atoms with E-state index in [1.165, 1.54) is 35.2 Å². The van der Waals surface area contributed by atoms with Crippen LogP contribution < -0.4 is 15.0 Å². The van der Waals surface area contributed by atoms with Gasteiger partial charge in [0.1, 0.15) is 10.5 Å². The largest absolute Gasteiger partial charge is 0.454 e. The second-order valence-electron chi connectivity index (χ2n) is 6.52. The van der Waals surface area contributed by atoms with Gasteiger partial charge >= 0.3 is 0 Å². The minimum absolute atomic E-state index is 0.0655. The van der Waals surface area contributed by atoms with Gasteiger partial charge in [0.05, 0.1) is 12.1 Å². The van der Waals surface area contributed by atoms with Gasteiger partial charge in [-0.25, -0.2) is 9.37 Å². The lowest BCUT2D eigenvalue weighted by Crippen LogP contribution is -2.23. The number of benzene rings is 2. The van der Waals surface area contributed by atoms with Gasteiger partial charge in [0.2, 0.25) is 6.79 Å². The van der Waals surface area contributed by atoms with Gasteiger partial charge < -0.3 is 9.47 Å². The van der Waals surface area contributed by atoms with Crippen molar-refractivity contribution < 1.29 is 13.9 Å². The van der Waals surface area contributed by atoms with E-state index in [1.54, 1.807) is 16.7 Å². The number of rotatable bonds is 5. The van der Waals surface area contributed by atoms with E-state index in [1.807, 2.05) is 29.6 Å². The molecule has 3 heterocycles. The summed E-state index contributed by atoms with van der Waals surface area (Å²) in [4.78, 5) is 17.8. The first-order valence-electron chi connectivity index (χ1n) is 8.91. The maximum absolute atomic E-state index is 13.2. The maximum atomic E-state index is 13.2. The lowest BCUT2D eigenvalue weighted by molar-refractivity contribution is 0.174. The third kappa shape index (κ3) is 3.61. The fraction of sp³-hybridized carbons (Fsp3) is 0.143. The zero-order chi connectivity index (χ0) is 19.8. The molecule has 0 unspecified atom stereocenters. The number of hydrogen-bond donors (Lipinski definition) is 0. The normalized spacial score (nSPS) is 12.6. The summed E-state index contributed by atoms with van der Waals surface area (Å²) in [5, 5.41) is 2.50. The molecular formula is C21H15FN2O3S2. The lowest BCUT2D eigenvalue weighted by atomic mass is 10.2. The Kier molecular flexibility index (Phi) is 4.73. The molecule has 5 nitrogen and oxygen atoms in total. The van der Waals surface area contributed by atoms with Crippen molar-refractivity contribution in [2.24, 2.45) is 0 Å². The van der Waals surface area contributed by atoms with Crippen molar-refractivity contribution in [2.75, 3.05) is 6.79 Å². The van der Waals surface area contributed by atoms with E-state index in [0.29, 0.717) is 39.2 Å². The van der Waals surface area contributed by atoms with Crippen LogP contribution in [0.25, 0.3) is 10.2 Å². The van der Waals surface area contributed by atoms with Crippen molar-refractivity contribution in [1.29, 1.82) is 0 Å². The van der Waals surface area contributed by atoms with E-state index in [0.717, 1.165) is 11.1 Å². The molecule has 2 aromatic carbocycles. The number of hydrogen-bond acceptors (Lipinski definition) is 6. The lowest BCUT2D eigenvalue weighted by Gasteiger charge is -2.12. The van der Waals surface area contributed by atoms with E-state index in [9.17, 15) is 9.18 Å². The first kappa shape index (κ1) is 18.2. The summed E-state index contributed by atoms with van der Waals surface area (Å²) in [5.74, 6) is 1.71. The molecule has 8 heteroatoms. The third-order valence-electron chi connectivity index (χ3n) is 4.59. The Morgan fingerprint density at radius 2 is 1.86 bits per heavy atom. The van der Waals surface area contributed by atoms with Gasteiger partial charge in [-0.05, 0) is 46.8 Å². The van der Waals surface area contributed by atoms with Crippen molar-refractivity contribution in [3.8, 4) is 11.5 Å². The van der Waals surface area contributed by atoms with Crippen LogP contribution in [0.15, 0.2) is 63.9 Å². The van der Waals surface area contributed by atoms with Crippen LogP contribution in [-0.2, 0) is 12.3 Å². The topological polar surface area (TPSA) is 53.4 Å². The van der Waals surface area contributed by atoms with Crippen molar-refractivity contribution in [3.05, 3.63) is 81.2 Å². The van der Waals surface area contributed by atoms with Gasteiger partial charge in [0.25, 0.3) is 5.56 Å². The molecule has 0 N–H and O–H groups in total. The second kappa shape index (κ2) is 7.53. The highest BCUT2D eigenvalue weighted by atomic mass is 32.2. The Morgan fingerprint density at radius 1 is 1.07 bits per heavy atom. The molecule has 146 valence electrons. The van der Waals surface area contributed by atoms with Crippen LogP contribution in [0, 0.1) is 5.82 Å². The highest BCUT2D eigenvalue weighted by Gasteiger charge is 2.17. The molecule has 0 spiro atoms. The SMILES string of the molecule is O=c1c2sccc2nc(SCc2ccc(F)cc2)n1Cc1ccc2c(c1)OCO2. The van der Waals surface area contributed by atoms with Crippen LogP contribution in [0.4, 0.5) is 4.39 Å². The van der Waals surface area contributed by atoms with E-state index in [-0.39, 0.29) is 18.2 Å². The number of thiophene rings is 1. The van der Waals surface area contributed by atoms with Gasteiger partial charge in [0.15, 0.2) is 16.7 Å². The summed E-state index contributed by atoms with van der Waals surface area (Å²) in [5.41, 5.74) is 2.52. The molecule has 0 bridgehead atoms. The Hall–Kier alpha value is -2.84. The van der Waals surface area contributed by atoms with Gasteiger partial charge in [-0.1, -0.05) is 30.0 Å². The Labute approximate surface area is 173 Å². The molecule has 0 aliphatic carbocycles. The predicted molar refractivity (Wildman–Crippen MR) is 112 cm³/mol. The first-order chi connectivity index (χ1) is 14.2. The van der Waals surface area contributed by atoms with Crippen LogP contribution in [0.2, 0.25) is 0 Å². The Morgan fingerprint density at radius 3 is 2.72 bits per heavy atom. The number of halogens is 1. The van der Waals surface area contributed by atoms with Gasteiger partial charge in [0, 0.05) is 5.75 Å². The number of aromatic nitrogens is 2. The molecule has 2 aromatic heterocycles. The van der Waals surface area contributed by atoms with Crippen molar-refractivity contribution in [1.82, 2.24) is 9.55 Å². The number of nitrogens with zero attached hydrogens (tertiary/aromatic N) is 2. The number of fused-ring (bicyclic) bond motifs is 2. The highest BCUT2D eigenvalue weighted by molar-refractivity contribution is 7.98. The third-order valence-corrected chi connectivity index (χ3v) is 6.53. The van der Waals surface area contributed by atoms with Crippen molar-refractivity contribution >= 4 is 33.3 Å². The minimum Gasteiger partial charge on any atom is -0.454 e. The summed E-state index contributed by atoms with van der Waals surface area (Å²) >= 11 is 2.85. The summed E-state index contributed by atoms with van der Waals surface area (Å²) in [6.07, 6.45) is 0. The van der Waals surface area contributed by atoms with Crippen molar-refractivity contribution in [3.63, 3.8) is 0 Å². The van der Waals surface area contributed by atoms with Crippen LogP contribution in [0.3, 0.4) is 0 Å². The van der Waals surface area contributed by atoms with E-state index >= 15 is 0 Å². The standard InChI is InChI=1S/C21H15FN2O3S2/c22-15-4-1-13(2-5-15)11-29-21-23-16-7-8-28-19(16)20(25)24(21)10-14-3-6-17-18(9-14)27-12-26-17/h1-9H,10-12H2. The highest BCUT2D eigenvalue weighted by Crippen LogP contribution is 2.33. The molecule has 0 saturated heterocycles. The molecule has 0 atom stereocenters. The average molecular weight is 426 g/mol. The molecule has 0 radical (unpaired) electrons. The monoisotopic (exact) mass is 426 g/mol. The second-order valence-corrected chi connectivity index (χ2v) is 8.38. The van der Waals surface area contributed by atoms with Crippen LogP contribution in [0.5, 0.6) is 11.5 Å². The molecule has 5 rings (SSSR count). The van der Waals surface area contributed by atoms with E-state index in [2.05, 4.69) is 0 Å². The fourth-order valence-corrected chi connectivity index (χ4v) is 4.86. The molecule has 0 amide bonds. The summed E-state index contributed by atoms with van der Waals surface area (Å²) in [7, 11) is 0. The van der Waals surface area contributed by atoms with Crippen LogP contribution in [0.1, 0.15) is 11.1 Å². The minimum atomic E-state index is -0.267. The molecule has 0 fully saturated rings. The van der Waals surface area contributed by atoms with Crippen LogP contribution in [-0.4, -0.2) is 16.3 Å². The van der Waals surface area contributed by atoms with Gasteiger partial charge in [-0.3, -0.25) is 9.36 Å². The molecular weight excluding hydrogens is 411 g/mol. The average Bonchev–Trinajstić information content (AvgIpc) is 3.39. The maximum Gasteiger partial charge on any atom is 0.272 e. The summed E-state index contributed by atoms with van der Waals surface area (Å²) in [6.45, 7) is 0.586. The number of ether oxygens (including phenoxy) is 2. The van der Waals surface area contributed by atoms with E-state index in [4.69, 9.17) is 14.5 Å². The molecule has 1 aliphatic rings. The van der Waals surface area contributed by atoms with E-state index < -0.39 is 0 Å². The Balaban J connectivity index is 1.50. The zero-order valence-corrected chi connectivity index (χ0v) is 16.8. The van der Waals surface area contributed by atoms with Gasteiger partial charge in [-0.2, -0.15) is 0 Å². The zero-order valence-electron chi connectivity index (χ0n) is 15.1. The molecule has 29 heavy (non-hydrogen) atoms. The number of thioether (sulfide) groups is 1. The van der Waals surface area contributed by atoms with Crippen LogP contribution >= 0.6 is 23.1 Å². The van der Waals surface area contributed by atoms with Gasteiger partial charge in [-0.15, -0.1) is 11.3 Å². The molecule has 4 aromatic rings. The predicted octanol–water partition coefficient (Wildman–Crippen LogP) is 4.67. The fourth-order valence-electron chi connectivity index (χ4n) is 3.12. The summed E-state index contributed by atoms with van der Waals surface area (Å²) < 4.78 is 26.3. The quantitative estimate of drug-likeness (QED) is 0.343. The molecule has 1 aliphatic heterocycles. The smallest absolute Gasteiger partial charge is 0.272 e. The Bertz CT molecular complexity index is 1250. The summed E-state index contributed by atoms with van der Waals surface area (Å²) in [6, 6.07) is 13.9. The van der Waals surface area contributed by atoms with Crippen molar-refractivity contribution in [2.45, 2.75) is 17.5 Å². The molecule has 0 saturated carbocycles. The first-order valence-corrected chi connectivity index (χ1v) is 10.8.